The van der Waals surface area contributed by atoms with Gasteiger partial charge in [0.1, 0.15) is 17.3 Å². The van der Waals surface area contributed by atoms with Gasteiger partial charge in [-0.1, -0.05) is 0 Å². The average molecular weight is 567 g/mol. The number of hydrogen-bond acceptors (Lipinski definition) is 7. The van der Waals surface area contributed by atoms with E-state index in [1.54, 1.807) is 6.07 Å². The van der Waals surface area contributed by atoms with Gasteiger partial charge in [0.05, 0.1) is 30.3 Å². The van der Waals surface area contributed by atoms with Gasteiger partial charge < -0.3 is 20.3 Å². The predicted octanol–water partition coefficient (Wildman–Crippen LogP) is 1.90. The lowest BCUT2D eigenvalue weighted by Crippen LogP contribution is -2.35. The van der Waals surface area contributed by atoms with Gasteiger partial charge in [-0.3, -0.25) is 14.1 Å². The molecule has 1 aliphatic rings. The summed E-state index contributed by atoms with van der Waals surface area (Å²) < 4.78 is 49.0. The van der Waals surface area contributed by atoms with Gasteiger partial charge in [-0.25, -0.2) is 12.8 Å². The molecule has 0 spiro atoms. The number of pyridine rings is 1. The van der Waals surface area contributed by atoms with Crippen molar-refractivity contribution >= 4 is 49.8 Å². The maximum absolute atomic E-state index is 14.4. The highest BCUT2D eigenvalue weighted by molar-refractivity contribution is 14.1. The molecule has 1 aromatic carbocycles. The number of rotatable bonds is 9. The van der Waals surface area contributed by atoms with E-state index in [0.717, 1.165) is 10.6 Å². The molecule has 0 amide bonds. The number of nitrogens with zero attached hydrogens (tertiary/aromatic N) is 1. The number of sulfonamides is 1. The fourth-order valence-electron chi connectivity index (χ4n) is 3.26. The SMILES string of the molecule is COc1cc(=O)n(C)c(Nc2ccc(I)cc2F)c1NS(=O)(=O)C1(C[C@@H](O)CO)CC1. The molecule has 1 heterocycles. The van der Waals surface area contributed by atoms with Crippen LogP contribution < -0.4 is 20.3 Å². The fraction of sp³-hybridized carbons (Fsp3) is 0.421. The van der Waals surface area contributed by atoms with Crippen LogP contribution in [0, 0.1) is 9.39 Å². The lowest BCUT2D eigenvalue weighted by Gasteiger charge is -2.24. The molecule has 2 aromatic rings. The van der Waals surface area contributed by atoms with Gasteiger partial charge in [0, 0.05) is 16.7 Å². The van der Waals surface area contributed by atoms with E-state index in [4.69, 9.17) is 9.84 Å². The van der Waals surface area contributed by atoms with Crippen LogP contribution in [-0.2, 0) is 17.1 Å². The third-order valence-electron chi connectivity index (χ3n) is 5.24. The molecule has 1 fully saturated rings. The van der Waals surface area contributed by atoms with Crippen LogP contribution in [0.25, 0.3) is 0 Å². The topological polar surface area (TPSA) is 130 Å². The summed E-state index contributed by atoms with van der Waals surface area (Å²) in [5.41, 5.74) is -0.515. The van der Waals surface area contributed by atoms with E-state index < -0.39 is 38.9 Å². The van der Waals surface area contributed by atoms with Gasteiger partial charge in [0.2, 0.25) is 10.0 Å². The van der Waals surface area contributed by atoms with Crippen molar-refractivity contribution in [1.29, 1.82) is 0 Å². The summed E-state index contributed by atoms with van der Waals surface area (Å²) in [6.45, 7) is -0.556. The van der Waals surface area contributed by atoms with Gasteiger partial charge in [-0.2, -0.15) is 0 Å². The van der Waals surface area contributed by atoms with Crippen molar-refractivity contribution in [2.24, 2.45) is 7.05 Å². The van der Waals surface area contributed by atoms with Gasteiger partial charge in [0.15, 0.2) is 5.75 Å². The van der Waals surface area contributed by atoms with Crippen molar-refractivity contribution in [2.45, 2.75) is 30.1 Å². The Labute approximate surface area is 192 Å². The van der Waals surface area contributed by atoms with Crippen LogP contribution >= 0.6 is 22.6 Å². The maximum Gasteiger partial charge on any atom is 0.255 e. The molecule has 0 unspecified atom stereocenters. The smallest absolute Gasteiger partial charge is 0.255 e. The minimum absolute atomic E-state index is 0.00783. The van der Waals surface area contributed by atoms with E-state index in [1.807, 2.05) is 22.6 Å². The highest BCUT2D eigenvalue weighted by Gasteiger charge is 2.55. The number of hydrogen-bond donors (Lipinski definition) is 4. The minimum atomic E-state index is -4.05. The zero-order valence-corrected chi connectivity index (χ0v) is 19.8. The van der Waals surface area contributed by atoms with E-state index in [1.165, 1.54) is 26.3 Å². The van der Waals surface area contributed by atoms with Crippen LogP contribution in [0.1, 0.15) is 19.3 Å². The van der Waals surface area contributed by atoms with E-state index in [0.29, 0.717) is 16.4 Å². The predicted molar refractivity (Wildman–Crippen MR) is 123 cm³/mol. The molecule has 12 heteroatoms. The number of aromatic nitrogens is 1. The molecule has 0 bridgehead atoms. The monoisotopic (exact) mass is 567 g/mol. The Hall–Kier alpha value is -1.90. The second kappa shape index (κ2) is 8.92. The number of halogens is 2. The van der Waals surface area contributed by atoms with E-state index >= 15 is 0 Å². The largest absolute Gasteiger partial charge is 0.494 e. The molecule has 4 N–H and O–H groups in total. The Morgan fingerprint density at radius 2 is 2.03 bits per heavy atom. The first kappa shape index (κ1) is 23.8. The number of ether oxygens (including phenoxy) is 1. The number of benzene rings is 1. The van der Waals surface area contributed by atoms with Crippen molar-refractivity contribution in [3.05, 3.63) is 44.0 Å². The molecular weight excluding hydrogens is 544 g/mol. The standard InChI is InChI=1S/C19H23FIN3O6S/c1-24-16(27)8-15(30-2)17(18(24)22-14-4-3-11(21)7-13(14)20)23-31(28,29)19(5-6-19)9-12(26)10-25/h3-4,7-8,12,22-23,25-26H,5-6,9-10H2,1-2H3/t12-/m1/s1. The molecule has 0 saturated heterocycles. The third kappa shape index (κ3) is 4.81. The first-order valence-corrected chi connectivity index (χ1v) is 11.9. The quantitative estimate of drug-likeness (QED) is 0.341. The zero-order valence-electron chi connectivity index (χ0n) is 16.9. The first-order chi connectivity index (χ1) is 14.5. The first-order valence-electron chi connectivity index (χ1n) is 9.35. The summed E-state index contributed by atoms with van der Waals surface area (Å²) >= 11 is 1.96. The molecule has 0 radical (unpaired) electrons. The van der Waals surface area contributed by atoms with E-state index in [-0.39, 0.29) is 29.4 Å². The van der Waals surface area contributed by atoms with Crippen LogP contribution in [0.4, 0.5) is 21.6 Å². The van der Waals surface area contributed by atoms with Crippen molar-refractivity contribution in [3.8, 4) is 5.75 Å². The number of nitrogens with one attached hydrogen (secondary N) is 2. The van der Waals surface area contributed by atoms with Crippen LogP contribution in [0.2, 0.25) is 0 Å². The molecule has 1 aromatic heterocycles. The molecule has 1 saturated carbocycles. The lowest BCUT2D eigenvalue weighted by atomic mass is 10.2. The van der Waals surface area contributed by atoms with Gasteiger partial charge in [-0.15, -0.1) is 0 Å². The molecule has 0 aliphatic heterocycles. The Bertz CT molecular complexity index is 1150. The fourth-order valence-corrected chi connectivity index (χ4v) is 5.45. The van der Waals surface area contributed by atoms with Crippen LogP contribution in [0.15, 0.2) is 29.1 Å². The van der Waals surface area contributed by atoms with Crippen molar-refractivity contribution in [2.75, 3.05) is 23.8 Å². The summed E-state index contributed by atoms with van der Waals surface area (Å²) in [6.07, 6.45) is -0.703. The third-order valence-corrected chi connectivity index (χ3v) is 8.10. The minimum Gasteiger partial charge on any atom is -0.494 e. The van der Waals surface area contributed by atoms with Gasteiger partial charge >= 0.3 is 0 Å². The zero-order chi connectivity index (χ0) is 23.0. The van der Waals surface area contributed by atoms with Crippen molar-refractivity contribution < 1.29 is 27.8 Å². The van der Waals surface area contributed by atoms with Crippen LogP contribution in [0.3, 0.4) is 0 Å². The Kier molecular flexibility index (Phi) is 6.84. The Morgan fingerprint density at radius 3 is 2.58 bits per heavy atom. The van der Waals surface area contributed by atoms with E-state index in [9.17, 15) is 22.7 Å². The van der Waals surface area contributed by atoms with Crippen molar-refractivity contribution in [3.63, 3.8) is 0 Å². The number of aliphatic hydroxyl groups excluding tert-OH is 2. The van der Waals surface area contributed by atoms with E-state index in [2.05, 4.69) is 10.0 Å². The molecule has 1 aliphatic carbocycles. The average Bonchev–Trinajstić information content (AvgIpc) is 3.50. The summed E-state index contributed by atoms with van der Waals surface area (Å²) in [7, 11) is -1.36. The number of aliphatic hydroxyl groups is 2. The molecule has 170 valence electrons. The lowest BCUT2D eigenvalue weighted by molar-refractivity contribution is 0.0858. The molecule has 1 atom stereocenters. The Balaban J connectivity index is 2.07. The van der Waals surface area contributed by atoms with Crippen molar-refractivity contribution in [1.82, 2.24) is 4.57 Å². The molecule has 9 nitrogen and oxygen atoms in total. The number of anilines is 3. The molecule has 31 heavy (non-hydrogen) atoms. The second-order valence-electron chi connectivity index (χ2n) is 7.41. The molecule has 3 rings (SSSR count). The van der Waals surface area contributed by atoms with Crippen LogP contribution in [0.5, 0.6) is 5.75 Å². The van der Waals surface area contributed by atoms with Crippen LogP contribution in [-0.4, -0.2) is 47.8 Å². The maximum atomic E-state index is 14.4. The second-order valence-corrected chi connectivity index (χ2v) is 10.7. The number of methoxy groups -OCH3 is 1. The Morgan fingerprint density at radius 1 is 1.35 bits per heavy atom. The highest BCUT2D eigenvalue weighted by Crippen LogP contribution is 2.49. The summed E-state index contributed by atoms with van der Waals surface area (Å²) in [4.78, 5) is 12.4. The summed E-state index contributed by atoms with van der Waals surface area (Å²) in [5, 5.41) is 21.7. The summed E-state index contributed by atoms with van der Waals surface area (Å²) in [5.74, 6) is -0.633. The normalized spacial score (nSPS) is 15.9. The van der Waals surface area contributed by atoms with Gasteiger partial charge in [0.25, 0.3) is 5.56 Å². The highest BCUT2D eigenvalue weighted by atomic mass is 127. The van der Waals surface area contributed by atoms with Gasteiger partial charge in [-0.05, 0) is 60.1 Å². The molecular formula is C19H23FIN3O6S. The summed E-state index contributed by atoms with van der Waals surface area (Å²) in [6, 6.07) is 5.54.